The quantitative estimate of drug-likeness (QED) is 0.505. The third kappa shape index (κ3) is 3.18. The lowest BCUT2D eigenvalue weighted by atomic mass is 10.2. The number of rotatable bonds is 6. The Morgan fingerprint density at radius 3 is 2.67 bits per heavy atom. The van der Waals surface area contributed by atoms with Crippen molar-refractivity contribution in [3.63, 3.8) is 0 Å². The minimum absolute atomic E-state index is 0.0339. The first-order valence-corrected chi connectivity index (χ1v) is 5.93. The van der Waals surface area contributed by atoms with Crippen molar-refractivity contribution < 1.29 is 19.3 Å². The van der Waals surface area contributed by atoms with Crippen molar-refractivity contribution in [1.29, 1.82) is 0 Å². The molecule has 0 radical (unpaired) electrons. The molecular weight excluding hydrogens is 236 g/mol. The summed E-state index contributed by atoms with van der Waals surface area (Å²) in [5.41, 5.74) is 7.32. The maximum Gasteiger partial charge on any atom is 0.163 e. The summed E-state index contributed by atoms with van der Waals surface area (Å²) in [7, 11) is 0. The van der Waals surface area contributed by atoms with Gasteiger partial charge in [-0.1, -0.05) is 0 Å². The van der Waals surface area contributed by atoms with Gasteiger partial charge >= 0.3 is 0 Å². The number of nitrogens with two attached hydrogens (primary N) is 1. The molecule has 4 N–H and O–H groups in total. The molecule has 1 aliphatic rings. The third-order valence-electron chi connectivity index (χ3n) is 2.51. The molecule has 18 heavy (non-hydrogen) atoms. The predicted octanol–water partition coefficient (Wildman–Crippen LogP) is 0.461. The Labute approximate surface area is 106 Å². The molecule has 0 saturated carbocycles. The van der Waals surface area contributed by atoms with Crippen molar-refractivity contribution in [3.05, 3.63) is 12.1 Å². The van der Waals surface area contributed by atoms with Gasteiger partial charge in [-0.3, -0.25) is 0 Å². The van der Waals surface area contributed by atoms with E-state index in [0.717, 1.165) is 5.69 Å². The van der Waals surface area contributed by atoms with Gasteiger partial charge < -0.3 is 30.4 Å². The fourth-order valence-corrected chi connectivity index (χ4v) is 1.68. The number of hydrogen-bond donors (Lipinski definition) is 3. The largest absolute Gasteiger partial charge is 0.486 e. The smallest absolute Gasteiger partial charge is 0.163 e. The van der Waals surface area contributed by atoms with Crippen LogP contribution < -0.4 is 20.5 Å². The molecule has 1 aromatic carbocycles. The molecule has 100 valence electrons. The van der Waals surface area contributed by atoms with E-state index in [0.29, 0.717) is 50.2 Å². The zero-order valence-corrected chi connectivity index (χ0v) is 10.1. The molecule has 6 nitrogen and oxygen atoms in total. The maximum atomic E-state index is 8.56. The van der Waals surface area contributed by atoms with Gasteiger partial charge in [-0.05, 0) is 0 Å². The highest BCUT2D eigenvalue weighted by Gasteiger charge is 2.14. The van der Waals surface area contributed by atoms with E-state index in [2.05, 4.69) is 5.32 Å². The van der Waals surface area contributed by atoms with Gasteiger partial charge in [0.1, 0.15) is 13.2 Å². The van der Waals surface area contributed by atoms with Crippen molar-refractivity contribution in [2.75, 3.05) is 50.6 Å². The lowest BCUT2D eigenvalue weighted by Gasteiger charge is -2.20. The van der Waals surface area contributed by atoms with E-state index in [1.54, 1.807) is 6.07 Å². The van der Waals surface area contributed by atoms with Crippen molar-refractivity contribution in [1.82, 2.24) is 0 Å². The predicted molar refractivity (Wildman–Crippen MR) is 68.2 cm³/mol. The summed E-state index contributed by atoms with van der Waals surface area (Å²) < 4.78 is 16.1. The van der Waals surface area contributed by atoms with Crippen LogP contribution in [0.2, 0.25) is 0 Å². The molecule has 0 amide bonds. The average molecular weight is 254 g/mol. The van der Waals surface area contributed by atoms with Crippen LogP contribution in [0, 0.1) is 0 Å². The monoisotopic (exact) mass is 254 g/mol. The Balaban J connectivity index is 1.91. The molecule has 0 unspecified atom stereocenters. The Bertz CT molecular complexity index is 398. The first-order valence-electron chi connectivity index (χ1n) is 5.93. The van der Waals surface area contributed by atoms with Gasteiger partial charge in [-0.2, -0.15) is 0 Å². The SMILES string of the molecule is Nc1cc2c(cc1NCCOCCO)OCCO2. The summed E-state index contributed by atoms with van der Waals surface area (Å²) in [5, 5.41) is 11.7. The normalized spacial score (nSPS) is 13.4. The van der Waals surface area contributed by atoms with Crippen LogP contribution in [0.15, 0.2) is 12.1 Å². The summed E-state index contributed by atoms with van der Waals surface area (Å²) in [6.45, 7) is 2.60. The molecule has 0 saturated heterocycles. The molecule has 1 aliphatic heterocycles. The highest BCUT2D eigenvalue weighted by molar-refractivity contribution is 5.72. The molecule has 0 atom stereocenters. The molecule has 1 aromatic rings. The Morgan fingerprint density at radius 2 is 1.94 bits per heavy atom. The van der Waals surface area contributed by atoms with Crippen molar-refractivity contribution in [2.45, 2.75) is 0 Å². The van der Waals surface area contributed by atoms with Gasteiger partial charge in [0, 0.05) is 18.7 Å². The molecular formula is C12H18N2O4. The van der Waals surface area contributed by atoms with Crippen LogP contribution in [0.1, 0.15) is 0 Å². The van der Waals surface area contributed by atoms with Crippen LogP contribution in [0.5, 0.6) is 11.5 Å². The first kappa shape index (κ1) is 12.8. The Morgan fingerprint density at radius 1 is 1.22 bits per heavy atom. The zero-order valence-electron chi connectivity index (χ0n) is 10.1. The molecule has 0 fully saturated rings. The van der Waals surface area contributed by atoms with Gasteiger partial charge in [-0.25, -0.2) is 0 Å². The van der Waals surface area contributed by atoms with Crippen LogP contribution in [-0.4, -0.2) is 44.7 Å². The van der Waals surface area contributed by atoms with E-state index in [-0.39, 0.29) is 6.61 Å². The van der Waals surface area contributed by atoms with E-state index in [1.165, 1.54) is 0 Å². The van der Waals surface area contributed by atoms with Crippen LogP contribution >= 0.6 is 0 Å². The van der Waals surface area contributed by atoms with Crippen LogP contribution in [0.4, 0.5) is 11.4 Å². The van der Waals surface area contributed by atoms with Gasteiger partial charge in [0.25, 0.3) is 0 Å². The Kier molecular flexibility index (Phi) is 4.49. The number of nitrogens with one attached hydrogen (secondary N) is 1. The minimum Gasteiger partial charge on any atom is -0.486 e. The fourth-order valence-electron chi connectivity index (χ4n) is 1.68. The van der Waals surface area contributed by atoms with Crippen LogP contribution in [-0.2, 0) is 4.74 Å². The van der Waals surface area contributed by atoms with Gasteiger partial charge in [0.15, 0.2) is 11.5 Å². The number of anilines is 2. The van der Waals surface area contributed by atoms with E-state index in [4.69, 9.17) is 25.1 Å². The van der Waals surface area contributed by atoms with Crippen molar-refractivity contribution >= 4 is 11.4 Å². The first-order chi connectivity index (χ1) is 8.81. The van der Waals surface area contributed by atoms with E-state index in [9.17, 15) is 0 Å². The van der Waals surface area contributed by atoms with Crippen LogP contribution in [0.25, 0.3) is 0 Å². The van der Waals surface area contributed by atoms with E-state index >= 15 is 0 Å². The molecule has 2 rings (SSSR count). The van der Waals surface area contributed by atoms with Crippen molar-refractivity contribution in [2.24, 2.45) is 0 Å². The summed E-state index contributed by atoms with van der Waals surface area (Å²) in [6, 6.07) is 3.58. The van der Waals surface area contributed by atoms with Gasteiger partial charge in [0.05, 0.1) is 31.2 Å². The molecule has 0 bridgehead atoms. The molecule has 0 aromatic heterocycles. The van der Waals surface area contributed by atoms with Crippen LogP contribution in [0.3, 0.4) is 0 Å². The number of aliphatic hydroxyl groups is 1. The lowest BCUT2D eigenvalue weighted by molar-refractivity contribution is 0.0992. The van der Waals surface area contributed by atoms with Gasteiger partial charge in [-0.15, -0.1) is 0 Å². The zero-order chi connectivity index (χ0) is 12.8. The summed E-state index contributed by atoms with van der Waals surface area (Å²) in [4.78, 5) is 0. The number of aliphatic hydroxyl groups excluding tert-OH is 1. The standard InChI is InChI=1S/C12H18N2O4/c13-9-7-11-12(18-6-5-17-11)8-10(9)14-1-3-16-4-2-15/h7-8,14-15H,1-6,13H2. The summed E-state index contributed by atoms with van der Waals surface area (Å²) in [5.74, 6) is 1.38. The second kappa shape index (κ2) is 6.32. The number of benzene rings is 1. The highest BCUT2D eigenvalue weighted by atomic mass is 16.6. The molecule has 1 heterocycles. The van der Waals surface area contributed by atoms with Gasteiger partial charge in [0.2, 0.25) is 0 Å². The molecule has 6 heteroatoms. The Hall–Kier alpha value is -1.66. The van der Waals surface area contributed by atoms with E-state index in [1.807, 2.05) is 6.07 Å². The molecule has 0 spiro atoms. The second-order valence-corrected chi connectivity index (χ2v) is 3.85. The number of ether oxygens (including phenoxy) is 3. The topological polar surface area (TPSA) is 86.0 Å². The minimum atomic E-state index is 0.0339. The summed E-state index contributed by atoms with van der Waals surface area (Å²) >= 11 is 0. The fraction of sp³-hybridized carbons (Fsp3) is 0.500. The lowest BCUT2D eigenvalue weighted by Crippen LogP contribution is -2.17. The number of nitrogen functional groups attached to an aromatic ring is 1. The highest BCUT2D eigenvalue weighted by Crippen LogP contribution is 2.36. The number of hydrogen-bond acceptors (Lipinski definition) is 6. The number of fused-ring (bicyclic) bond motifs is 1. The van der Waals surface area contributed by atoms with E-state index < -0.39 is 0 Å². The summed E-state index contributed by atoms with van der Waals surface area (Å²) in [6.07, 6.45) is 0. The second-order valence-electron chi connectivity index (χ2n) is 3.85. The average Bonchev–Trinajstić information content (AvgIpc) is 2.39. The third-order valence-corrected chi connectivity index (χ3v) is 2.51. The maximum absolute atomic E-state index is 8.56. The van der Waals surface area contributed by atoms with Crippen molar-refractivity contribution in [3.8, 4) is 11.5 Å². The molecule has 0 aliphatic carbocycles.